The number of likely N-dealkylation sites (N-methyl/N-ethyl adjacent to an activating group) is 1. The number of rotatable bonds is 7. The summed E-state index contributed by atoms with van der Waals surface area (Å²) in [5.41, 5.74) is 0. The van der Waals surface area contributed by atoms with E-state index in [9.17, 15) is 9.59 Å². The van der Waals surface area contributed by atoms with E-state index in [1.165, 1.54) is 0 Å². The minimum atomic E-state index is -1.43. The number of carboxylic acid groups (broad SMARTS) is 1. The largest absolute Gasteiger partial charge is 0.479 e. The maximum atomic E-state index is 11.3. The molecule has 0 rings (SSSR count). The van der Waals surface area contributed by atoms with Gasteiger partial charge in [0.05, 0.1) is 0 Å². The van der Waals surface area contributed by atoms with Crippen LogP contribution in [0.2, 0.25) is 0 Å². The van der Waals surface area contributed by atoms with Crippen molar-refractivity contribution in [3.8, 4) is 0 Å². The number of aliphatic hydroxyl groups excluding tert-OH is 1. The average molecular weight is 247 g/mol. The van der Waals surface area contributed by atoms with Gasteiger partial charge in [0.2, 0.25) is 0 Å². The van der Waals surface area contributed by atoms with Gasteiger partial charge >= 0.3 is 12.0 Å². The molecule has 2 atom stereocenters. The number of nitrogens with one attached hydrogen (secondary N) is 2. The summed E-state index contributed by atoms with van der Waals surface area (Å²) in [5.74, 6) is -1.28. The minimum Gasteiger partial charge on any atom is -0.479 e. The van der Waals surface area contributed by atoms with Crippen LogP contribution in [-0.4, -0.2) is 66.4 Å². The van der Waals surface area contributed by atoms with Gasteiger partial charge < -0.3 is 25.7 Å². The Bertz CT molecular complexity index is 258. The summed E-state index contributed by atoms with van der Waals surface area (Å²) >= 11 is 0. The molecule has 0 aromatic heterocycles. The number of hydrogen-bond donors (Lipinski definition) is 4. The predicted molar refractivity (Wildman–Crippen MR) is 62.8 cm³/mol. The quantitative estimate of drug-likeness (QED) is 0.465. The zero-order valence-corrected chi connectivity index (χ0v) is 10.4. The number of carbonyl (C=O) groups excluding carboxylic acids is 1. The van der Waals surface area contributed by atoms with Crippen LogP contribution in [0.25, 0.3) is 0 Å². The number of aliphatic carboxylic acids is 1. The number of hydrogen-bond acceptors (Lipinski definition) is 4. The van der Waals surface area contributed by atoms with Crippen LogP contribution in [0.4, 0.5) is 4.79 Å². The molecule has 0 spiro atoms. The van der Waals surface area contributed by atoms with Crippen molar-refractivity contribution in [3.05, 3.63) is 0 Å². The van der Waals surface area contributed by atoms with E-state index >= 15 is 0 Å². The first-order valence-electron chi connectivity index (χ1n) is 5.43. The highest BCUT2D eigenvalue weighted by atomic mass is 16.4. The Morgan fingerprint density at radius 2 is 1.88 bits per heavy atom. The Kier molecular flexibility index (Phi) is 7.24. The highest BCUT2D eigenvalue weighted by Crippen LogP contribution is 1.90. The third kappa shape index (κ3) is 7.53. The average Bonchev–Trinajstić information content (AvgIpc) is 2.25. The second-order valence-corrected chi connectivity index (χ2v) is 4.09. The standard InChI is InChI=1S/C10H21N3O4/c1-7(13(2)3)6-12-10(17)11-5-4-8(14)9(15)16/h7-8,14H,4-6H2,1-3H3,(H,15,16)(H2,11,12,17). The van der Waals surface area contributed by atoms with E-state index in [0.717, 1.165) is 0 Å². The lowest BCUT2D eigenvalue weighted by molar-refractivity contribution is -0.146. The molecule has 0 aliphatic carbocycles. The summed E-state index contributed by atoms with van der Waals surface area (Å²) in [6.07, 6.45) is -1.44. The highest BCUT2D eigenvalue weighted by molar-refractivity contribution is 5.74. The van der Waals surface area contributed by atoms with Gasteiger partial charge in [-0.25, -0.2) is 9.59 Å². The van der Waals surface area contributed by atoms with Gasteiger partial charge in [-0.1, -0.05) is 0 Å². The van der Waals surface area contributed by atoms with Crippen molar-refractivity contribution in [2.75, 3.05) is 27.2 Å². The molecule has 2 amide bonds. The van der Waals surface area contributed by atoms with Crippen LogP contribution in [0, 0.1) is 0 Å². The summed E-state index contributed by atoms with van der Waals surface area (Å²) in [6, 6.07) is -0.151. The molecule has 7 nitrogen and oxygen atoms in total. The fourth-order valence-corrected chi connectivity index (χ4v) is 0.931. The first kappa shape index (κ1) is 15.7. The zero-order valence-electron chi connectivity index (χ0n) is 10.4. The molecule has 0 bridgehead atoms. The van der Waals surface area contributed by atoms with E-state index in [0.29, 0.717) is 6.54 Å². The fraction of sp³-hybridized carbons (Fsp3) is 0.800. The topological polar surface area (TPSA) is 102 Å². The van der Waals surface area contributed by atoms with Gasteiger partial charge in [-0.05, 0) is 21.0 Å². The van der Waals surface area contributed by atoms with Gasteiger partial charge in [0, 0.05) is 25.6 Å². The van der Waals surface area contributed by atoms with Crippen molar-refractivity contribution in [2.24, 2.45) is 0 Å². The van der Waals surface area contributed by atoms with E-state index in [1.807, 2.05) is 25.9 Å². The summed E-state index contributed by atoms with van der Waals surface area (Å²) in [5, 5.41) is 22.5. The Labute approximate surface area is 101 Å². The third-order valence-corrected chi connectivity index (χ3v) is 2.43. The summed E-state index contributed by atoms with van der Waals surface area (Å²) in [4.78, 5) is 23.5. The Morgan fingerprint density at radius 3 is 2.35 bits per heavy atom. The van der Waals surface area contributed by atoms with Crippen molar-refractivity contribution in [1.29, 1.82) is 0 Å². The van der Waals surface area contributed by atoms with Gasteiger partial charge in [-0.3, -0.25) is 0 Å². The highest BCUT2D eigenvalue weighted by Gasteiger charge is 2.13. The third-order valence-electron chi connectivity index (χ3n) is 2.43. The van der Waals surface area contributed by atoms with Crippen LogP contribution in [0.5, 0.6) is 0 Å². The van der Waals surface area contributed by atoms with Crippen molar-refractivity contribution in [1.82, 2.24) is 15.5 Å². The maximum absolute atomic E-state index is 11.3. The Morgan fingerprint density at radius 1 is 1.29 bits per heavy atom. The SMILES string of the molecule is CC(CNC(=O)NCCC(O)C(=O)O)N(C)C. The van der Waals surface area contributed by atoms with Crippen molar-refractivity contribution >= 4 is 12.0 Å². The monoisotopic (exact) mass is 247 g/mol. The lowest BCUT2D eigenvalue weighted by Crippen LogP contribution is -2.43. The molecular formula is C10H21N3O4. The molecule has 4 N–H and O–H groups in total. The molecule has 17 heavy (non-hydrogen) atoms. The van der Waals surface area contributed by atoms with Gasteiger partial charge in [0.25, 0.3) is 0 Å². The molecule has 0 aliphatic rings. The summed E-state index contributed by atoms with van der Waals surface area (Å²) in [6.45, 7) is 2.59. The van der Waals surface area contributed by atoms with Gasteiger partial charge in [0.15, 0.2) is 6.10 Å². The normalized spacial score (nSPS) is 14.2. The number of amides is 2. The second-order valence-electron chi connectivity index (χ2n) is 4.09. The molecule has 0 radical (unpaired) electrons. The van der Waals surface area contributed by atoms with Crippen LogP contribution in [0.1, 0.15) is 13.3 Å². The van der Waals surface area contributed by atoms with E-state index < -0.39 is 12.1 Å². The molecule has 0 aromatic rings. The number of urea groups is 1. The first-order valence-corrected chi connectivity index (χ1v) is 5.43. The van der Waals surface area contributed by atoms with Gasteiger partial charge in [-0.15, -0.1) is 0 Å². The summed E-state index contributed by atoms with van der Waals surface area (Å²) < 4.78 is 0. The number of aliphatic hydroxyl groups is 1. The van der Waals surface area contributed by atoms with E-state index in [1.54, 1.807) is 0 Å². The predicted octanol–water partition coefficient (Wildman–Crippen LogP) is -0.929. The van der Waals surface area contributed by atoms with Crippen molar-refractivity contribution < 1.29 is 19.8 Å². The van der Waals surface area contributed by atoms with E-state index in [4.69, 9.17) is 10.2 Å². The van der Waals surface area contributed by atoms with Crippen molar-refractivity contribution in [3.63, 3.8) is 0 Å². The second kappa shape index (κ2) is 7.86. The smallest absolute Gasteiger partial charge is 0.332 e. The summed E-state index contributed by atoms with van der Waals surface area (Å²) in [7, 11) is 3.82. The molecular weight excluding hydrogens is 226 g/mol. The lowest BCUT2D eigenvalue weighted by Gasteiger charge is -2.20. The van der Waals surface area contributed by atoms with Gasteiger partial charge in [0.1, 0.15) is 0 Å². The molecule has 0 saturated heterocycles. The van der Waals surface area contributed by atoms with Crippen molar-refractivity contribution in [2.45, 2.75) is 25.5 Å². The van der Waals surface area contributed by atoms with Crippen LogP contribution >= 0.6 is 0 Å². The Balaban J connectivity index is 3.64. The molecule has 2 unspecified atom stereocenters. The molecule has 0 fully saturated rings. The molecule has 0 saturated carbocycles. The van der Waals surface area contributed by atoms with Crippen LogP contribution in [0.3, 0.4) is 0 Å². The minimum absolute atomic E-state index is 0.00795. The maximum Gasteiger partial charge on any atom is 0.332 e. The molecule has 0 aliphatic heterocycles. The van der Waals surface area contributed by atoms with Crippen LogP contribution in [0.15, 0.2) is 0 Å². The van der Waals surface area contributed by atoms with E-state index in [2.05, 4.69) is 10.6 Å². The fourth-order valence-electron chi connectivity index (χ4n) is 0.931. The van der Waals surface area contributed by atoms with Crippen LogP contribution in [-0.2, 0) is 4.79 Å². The molecule has 7 heteroatoms. The molecule has 0 heterocycles. The molecule has 100 valence electrons. The number of carboxylic acids is 1. The molecule has 0 aromatic carbocycles. The van der Waals surface area contributed by atoms with E-state index in [-0.39, 0.29) is 25.0 Å². The number of carbonyl (C=O) groups is 2. The van der Waals surface area contributed by atoms with Crippen LogP contribution < -0.4 is 10.6 Å². The number of nitrogens with zero attached hydrogens (tertiary/aromatic N) is 1. The van der Waals surface area contributed by atoms with Gasteiger partial charge in [-0.2, -0.15) is 0 Å². The zero-order chi connectivity index (χ0) is 13.4. The Hall–Kier alpha value is -1.34. The first-order chi connectivity index (χ1) is 7.84. The lowest BCUT2D eigenvalue weighted by atomic mass is 10.2.